The summed E-state index contributed by atoms with van der Waals surface area (Å²) in [5.74, 6) is -0.697. The molecule has 0 saturated carbocycles. The topological polar surface area (TPSA) is 84.2 Å². The number of benzene rings is 2. The molecule has 1 amide bonds. The van der Waals surface area contributed by atoms with Crippen molar-refractivity contribution < 1.29 is 14.3 Å². The fourth-order valence-electron chi connectivity index (χ4n) is 2.93. The summed E-state index contributed by atoms with van der Waals surface area (Å²) in [5.41, 5.74) is 1.73. The maximum Gasteiger partial charge on any atom is 0.409 e. The number of fused-ring (bicyclic) bond motifs is 1. The molecule has 0 aliphatic heterocycles. The van der Waals surface area contributed by atoms with Crippen LogP contribution in [0.15, 0.2) is 59.7 Å². The second-order valence-electron chi connectivity index (χ2n) is 6.25. The average Bonchev–Trinajstić information content (AvgIpc) is 3.14. The summed E-state index contributed by atoms with van der Waals surface area (Å²) in [6.07, 6.45) is 0.139. The Kier molecular flexibility index (Phi) is 5.04. The second-order valence-corrected chi connectivity index (χ2v) is 7.74. The van der Waals surface area contributed by atoms with E-state index in [1.807, 2.05) is 22.0 Å². The van der Waals surface area contributed by atoms with E-state index in [0.29, 0.717) is 32.2 Å². The standard InChI is InChI=1S/C20H13ClFN3O3S/c21-13-4-1-11(2-5-13)9-25-10-23-19(26)18-16(25)8-17(29-18)12-3-6-15(14(22)7-12)24-20(27)28/h1-8,10,24H,9H2,(H,27,28). The summed E-state index contributed by atoms with van der Waals surface area (Å²) in [4.78, 5) is 27.6. The molecule has 4 aromatic rings. The molecule has 2 aromatic carbocycles. The van der Waals surface area contributed by atoms with Gasteiger partial charge < -0.3 is 9.67 Å². The first-order chi connectivity index (χ1) is 13.9. The monoisotopic (exact) mass is 429 g/mol. The number of carboxylic acid groups (broad SMARTS) is 1. The molecule has 2 N–H and O–H groups in total. The fraction of sp³-hybridized carbons (Fsp3) is 0.0500. The Bertz CT molecular complexity index is 1280. The van der Waals surface area contributed by atoms with E-state index in [1.54, 1.807) is 24.3 Å². The van der Waals surface area contributed by atoms with Gasteiger partial charge >= 0.3 is 6.09 Å². The van der Waals surface area contributed by atoms with Gasteiger partial charge in [-0.15, -0.1) is 11.3 Å². The molecule has 0 saturated heterocycles. The van der Waals surface area contributed by atoms with Gasteiger partial charge in [-0.2, -0.15) is 4.98 Å². The third-order valence-electron chi connectivity index (χ3n) is 4.29. The van der Waals surface area contributed by atoms with Crippen LogP contribution in [0.2, 0.25) is 5.02 Å². The molecule has 0 unspecified atom stereocenters. The molecule has 0 aliphatic rings. The summed E-state index contributed by atoms with van der Waals surface area (Å²) < 4.78 is 16.5. The fourth-order valence-corrected chi connectivity index (χ4v) is 4.11. The number of thiophene rings is 1. The van der Waals surface area contributed by atoms with E-state index < -0.39 is 11.9 Å². The highest BCUT2D eigenvalue weighted by Crippen LogP contribution is 2.33. The van der Waals surface area contributed by atoms with Gasteiger partial charge in [-0.25, -0.2) is 9.18 Å². The van der Waals surface area contributed by atoms with Crippen LogP contribution in [-0.2, 0) is 6.54 Å². The van der Waals surface area contributed by atoms with Crippen LogP contribution in [0, 0.1) is 5.82 Å². The molecular formula is C20H13ClFN3O3S. The van der Waals surface area contributed by atoms with Crippen molar-refractivity contribution in [2.24, 2.45) is 0 Å². The zero-order valence-corrected chi connectivity index (χ0v) is 16.3. The largest absolute Gasteiger partial charge is 0.465 e. The molecule has 4 rings (SSSR count). The van der Waals surface area contributed by atoms with Crippen LogP contribution in [-0.4, -0.2) is 20.8 Å². The number of rotatable bonds is 4. The van der Waals surface area contributed by atoms with Gasteiger partial charge in [-0.3, -0.25) is 10.1 Å². The van der Waals surface area contributed by atoms with Crippen LogP contribution in [0.5, 0.6) is 0 Å². The molecular weight excluding hydrogens is 417 g/mol. The van der Waals surface area contributed by atoms with Crippen LogP contribution < -0.4 is 10.9 Å². The van der Waals surface area contributed by atoms with Crippen molar-refractivity contribution in [3.63, 3.8) is 0 Å². The Hall–Kier alpha value is -3.23. The molecule has 2 aromatic heterocycles. The lowest BCUT2D eigenvalue weighted by Gasteiger charge is -2.07. The van der Waals surface area contributed by atoms with E-state index in [-0.39, 0.29) is 11.2 Å². The third-order valence-corrected chi connectivity index (χ3v) is 5.71. The highest BCUT2D eigenvalue weighted by atomic mass is 35.5. The van der Waals surface area contributed by atoms with Crippen LogP contribution in [0.1, 0.15) is 5.56 Å². The number of nitrogens with one attached hydrogen (secondary N) is 1. The molecule has 0 spiro atoms. The summed E-state index contributed by atoms with van der Waals surface area (Å²) in [7, 11) is 0. The zero-order chi connectivity index (χ0) is 20.5. The number of carbonyl (C=O) groups is 1. The zero-order valence-electron chi connectivity index (χ0n) is 14.7. The van der Waals surface area contributed by atoms with Gasteiger partial charge in [-0.1, -0.05) is 29.8 Å². The molecule has 29 heavy (non-hydrogen) atoms. The van der Waals surface area contributed by atoms with Crippen molar-refractivity contribution in [2.75, 3.05) is 5.32 Å². The van der Waals surface area contributed by atoms with E-state index in [2.05, 4.69) is 4.98 Å². The number of anilines is 1. The lowest BCUT2D eigenvalue weighted by Crippen LogP contribution is -2.11. The number of halogens is 2. The van der Waals surface area contributed by atoms with Crippen molar-refractivity contribution in [3.8, 4) is 10.4 Å². The Morgan fingerprint density at radius 3 is 2.66 bits per heavy atom. The van der Waals surface area contributed by atoms with Gasteiger partial charge in [0.25, 0.3) is 5.56 Å². The van der Waals surface area contributed by atoms with Crippen molar-refractivity contribution in [1.82, 2.24) is 9.55 Å². The minimum absolute atomic E-state index is 0.133. The Morgan fingerprint density at radius 1 is 1.21 bits per heavy atom. The Labute approximate surface area is 172 Å². The highest BCUT2D eigenvalue weighted by Gasteiger charge is 2.13. The Morgan fingerprint density at radius 2 is 1.97 bits per heavy atom. The van der Waals surface area contributed by atoms with E-state index in [9.17, 15) is 14.0 Å². The van der Waals surface area contributed by atoms with Gasteiger partial charge in [0.1, 0.15) is 10.5 Å². The molecule has 146 valence electrons. The van der Waals surface area contributed by atoms with E-state index >= 15 is 0 Å². The lowest BCUT2D eigenvalue weighted by atomic mass is 10.1. The summed E-state index contributed by atoms with van der Waals surface area (Å²) in [6.45, 7) is 0.493. The summed E-state index contributed by atoms with van der Waals surface area (Å²) >= 11 is 7.14. The van der Waals surface area contributed by atoms with Crippen LogP contribution in [0.3, 0.4) is 0 Å². The van der Waals surface area contributed by atoms with Gasteiger partial charge in [0.2, 0.25) is 0 Å². The van der Waals surface area contributed by atoms with E-state index in [1.165, 1.54) is 29.8 Å². The molecule has 0 radical (unpaired) electrons. The first-order valence-corrected chi connectivity index (χ1v) is 9.63. The third kappa shape index (κ3) is 3.98. The molecule has 0 bridgehead atoms. The number of nitrogens with zero attached hydrogens (tertiary/aromatic N) is 2. The minimum atomic E-state index is -1.34. The Balaban J connectivity index is 1.75. The predicted octanol–water partition coefficient (Wildman–Crippen LogP) is 5.06. The van der Waals surface area contributed by atoms with Crippen LogP contribution in [0.4, 0.5) is 14.9 Å². The van der Waals surface area contributed by atoms with E-state index in [4.69, 9.17) is 16.7 Å². The number of hydrogen-bond acceptors (Lipinski definition) is 4. The van der Waals surface area contributed by atoms with E-state index in [0.717, 1.165) is 5.56 Å². The van der Waals surface area contributed by atoms with Crippen molar-refractivity contribution in [1.29, 1.82) is 0 Å². The average molecular weight is 430 g/mol. The second kappa shape index (κ2) is 7.65. The maximum absolute atomic E-state index is 14.2. The quantitative estimate of drug-likeness (QED) is 0.475. The minimum Gasteiger partial charge on any atom is -0.465 e. The lowest BCUT2D eigenvalue weighted by molar-refractivity contribution is 0.209. The van der Waals surface area contributed by atoms with Crippen molar-refractivity contribution in [3.05, 3.63) is 81.6 Å². The molecule has 0 atom stereocenters. The summed E-state index contributed by atoms with van der Waals surface area (Å²) in [5, 5.41) is 11.4. The molecule has 0 fully saturated rings. The van der Waals surface area contributed by atoms with Gasteiger partial charge in [0.05, 0.1) is 17.5 Å². The first-order valence-electron chi connectivity index (χ1n) is 8.44. The molecule has 0 aliphatic carbocycles. The predicted molar refractivity (Wildman–Crippen MR) is 111 cm³/mol. The first kappa shape index (κ1) is 19.1. The highest BCUT2D eigenvalue weighted by molar-refractivity contribution is 7.22. The van der Waals surface area contributed by atoms with Crippen molar-refractivity contribution in [2.45, 2.75) is 6.54 Å². The number of hydrogen-bond donors (Lipinski definition) is 2. The van der Waals surface area contributed by atoms with Gasteiger partial charge in [0.15, 0.2) is 0 Å². The smallest absolute Gasteiger partial charge is 0.409 e. The molecule has 9 heteroatoms. The molecule has 2 heterocycles. The SMILES string of the molecule is O=C(O)Nc1ccc(-c2cc3c(s2)c(=O)ncn3Cc2ccc(Cl)cc2)cc1F. The van der Waals surface area contributed by atoms with Crippen LogP contribution >= 0.6 is 22.9 Å². The van der Waals surface area contributed by atoms with Crippen LogP contribution in [0.25, 0.3) is 20.7 Å². The normalized spacial score (nSPS) is 11.0. The summed E-state index contributed by atoms with van der Waals surface area (Å²) in [6, 6.07) is 13.3. The number of amides is 1. The number of aromatic nitrogens is 2. The maximum atomic E-state index is 14.2. The van der Waals surface area contributed by atoms with Gasteiger partial charge in [0, 0.05) is 16.4 Å². The van der Waals surface area contributed by atoms with Crippen molar-refractivity contribution >= 4 is 44.9 Å². The van der Waals surface area contributed by atoms with Gasteiger partial charge in [-0.05, 0) is 41.5 Å². The molecule has 6 nitrogen and oxygen atoms in total.